The number of alkyl carbamates (subject to hydrolysis) is 1. The number of benzene rings is 1. The van der Waals surface area contributed by atoms with Crippen LogP contribution in [-0.4, -0.2) is 31.1 Å². The van der Waals surface area contributed by atoms with Crippen LogP contribution in [0.1, 0.15) is 32.3 Å². The van der Waals surface area contributed by atoms with E-state index in [1.54, 1.807) is 0 Å². The predicted octanol–water partition coefficient (Wildman–Crippen LogP) is 1.79. The Labute approximate surface area is 137 Å². The molecule has 1 rings (SSSR count). The van der Waals surface area contributed by atoms with Gasteiger partial charge in [0, 0.05) is 13.1 Å². The molecule has 1 aromatic rings. The van der Waals surface area contributed by atoms with Gasteiger partial charge in [0.05, 0.1) is 6.04 Å². The van der Waals surface area contributed by atoms with Crippen LogP contribution in [0.5, 0.6) is 0 Å². The topological polar surface area (TPSA) is 93.5 Å². The van der Waals surface area contributed by atoms with Gasteiger partial charge in [-0.2, -0.15) is 0 Å². The fourth-order valence-corrected chi connectivity index (χ4v) is 1.85. The third kappa shape index (κ3) is 8.21. The van der Waals surface area contributed by atoms with Gasteiger partial charge in [-0.15, -0.1) is 0 Å². The van der Waals surface area contributed by atoms with Gasteiger partial charge in [0.25, 0.3) is 0 Å². The molecule has 4 N–H and O–H groups in total. The summed E-state index contributed by atoms with van der Waals surface area (Å²) < 4.78 is 5.09. The third-order valence-corrected chi connectivity index (χ3v) is 3.41. The lowest BCUT2D eigenvalue weighted by Crippen LogP contribution is -2.44. The molecule has 0 aliphatic heterocycles. The van der Waals surface area contributed by atoms with Crippen molar-refractivity contribution in [2.45, 2.75) is 39.3 Å². The van der Waals surface area contributed by atoms with E-state index >= 15 is 0 Å². The first-order valence-corrected chi connectivity index (χ1v) is 7.98. The van der Waals surface area contributed by atoms with Crippen molar-refractivity contribution < 1.29 is 14.3 Å². The second-order valence-corrected chi connectivity index (χ2v) is 5.76. The molecule has 0 heterocycles. The monoisotopic (exact) mass is 321 g/mol. The highest BCUT2D eigenvalue weighted by Crippen LogP contribution is 2.00. The van der Waals surface area contributed by atoms with Crippen molar-refractivity contribution in [1.29, 1.82) is 0 Å². The number of hydrogen-bond donors (Lipinski definition) is 3. The average Bonchev–Trinajstić information content (AvgIpc) is 2.56. The number of ether oxygens (including phenoxy) is 1. The molecule has 0 spiro atoms. The van der Waals surface area contributed by atoms with Crippen LogP contribution < -0.4 is 16.4 Å². The molecule has 6 nitrogen and oxygen atoms in total. The first kappa shape index (κ1) is 19.0. The zero-order valence-electron chi connectivity index (χ0n) is 13.9. The number of rotatable bonds is 9. The van der Waals surface area contributed by atoms with Crippen LogP contribution in [0.15, 0.2) is 30.3 Å². The summed E-state index contributed by atoms with van der Waals surface area (Å²) in [7, 11) is 0. The Hall–Kier alpha value is -2.08. The summed E-state index contributed by atoms with van der Waals surface area (Å²) in [5.74, 6) is -0.00807. The Bertz CT molecular complexity index is 477. The fourth-order valence-electron chi connectivity index (χ4n) is 1.85. The van der Waals surface area contributed by atoms with Crippen LogP contribution >= 0.6 is 0 Å². The van der Waals surface area contributed by atoms with Crippen LogP contribution in [0.3, 0.4) is 0 Å². The molecule has 0 aliphatic rings. The van der Waals surface area contributed by atoms with Gasteiger partial charge in [-0.25, -0.2) is 4.79 Å². The lowest BCUT2D eigenvalue weighted by molar-refractivity contribution is -0.123. The minimum absolute atomic E-state index is 0.121. The molecule has 1 aromatic carbocycles. The van der Waals surface area contributed by atoms with E-state index in [1.165, 1.54) is 0 Å². The highest BCUT2D eigenvalue weighted by atomic mass is 16.5. The molecule has 0 aliphatic carbocycles. The summed E-state index contributed by atoms with van der Waals surface area (Å²) in [6, 6.07) is 9.04. The van der Waals surface area contributed by atoms with E-state index in [0.717, 1.165) is 18.4 Å². The Morgan fingerprint density at radius 1 is 1.09 bits per heavy atom. The minimum Gasteiger partial charge on any atom is -0.445 e. The Morgan fingerprint density at radius 2 is 1.70 bits per heavy atom. The molecule has 0 radical (unpaired) electrons. The number of carbonyl (C=O) groups is 2. The van der Waals surface area contributed by atoms with Crippen LogP contribution in [0, 0.1) is 5.92 Å². The maximum Gasteiger partial charge on any atom is 0.407 e. The molecule has 0 saturated heterocycles. The van der Waals surface area contributed by atoms with E-state index < -0.39 is 12.1 Å². The average molecular weight is 321 g/mol. The first-order chi connectivity index (χ1) is 11.0. The Morgan fingerprint density at radius 3 is 2.30 bits per heavy atom. The van der Waals surface area contributed by atoms with E-state index in [4.69, 9.17) is 10.5 Å². The summed E-state index contributed by atoms with van der Waals surface area (Å²) in [5.41, 5.74) is 6.69. The summed E-state index contributed by atoms with van der Waals surface area (Å²) >= 11 is 0. The van der Waals surface area contributed by atoms with Gasteiger partial charge in [0.1, 0.15) is 6.61 Å². The highest BCUT2D eigenvalue weighted by Gasteiger charge is 2.15. The zero-order valence-corrected chi connectivity index (χ0v) is 13.9. The number of carbonyl (C=O) groups excluding carboxylic acids is 2. The normalized spacial score (nSPS) is 11.8. The number of nitrogens with two attached hydrogens (primary N) is 1. The van der Waals surface area contributed by atoms with Crippen molar-refractivity contribution in [3.05, 3.63) is 35.9 Å². The SMILES string of the molecule is CC(C)[C@H](N)C(=O)NCCCCNC(=O)OCc1ccccc1. The molecular weight excluding hydrogens is 294 g/mol. The predicted molar refractivity (Wildman–Crippen MR) is 89.7 cm³/mol. The van der Waals surface area contributed by atoms with E-state index in [-0.39, 0.29) is 18.4 Å². The van der Waals surface area contributed by atoms with Crippen LogP contribution in [0.4, 0.5) is 4.79 Å². The van der Waals surface area contributed by atoms with Gasteiger partial charge in [-0.3, -0.25) is 4.79 Å². The second kappa shape index (κ2) is 10.6. The van der Waals surface area contributed by atoms with Crippen molar-refractivity contribution in [2.75, 3.05) is 13.1 Å². The van der Waals surface area contributed by atoms with Crippen molar-refractivity contribution in [2.24, 2.45) is 11.7 Å². The summed E-state index contributed by atoms with van der Waals surface area (Å²) in [4.78, 5) is 23.1. The summed E-state index contributed by atoms with van der Waals surface area (Å²) in [6.07, 6.45) is 1.10. The van der Waals surface area contributed by atoms with E-state index in [2.05, 4.69) is 10.6 Å². The van der Waals surface area contributed by atoms with Crippen molar-refractivity contribution >= 4 is 12.0 Å². The third-order valence-electron chi connectivity index (χ3n) is 3.41. The molecule has 1 atom stereocenters. The Balaban J connectivity index is 2.02. The van der Waals surface area contributed by atoms with Crippen LogP contribution in [0.25, 0.3) is 0 Å². The maximum absolute atomic E-state index is 11.6. The molecule has 0 bridgehead atoms. The largest absolute Gasteiger partial charge is 0.445 e. The van der Waals surface area contributed by atoms with Crippen molar-refractivity contribution in [3.63, 3.8) is 0 Å². The molecule has 0 fully saturated rings. The van der Waals surface area contributed by atoms with Gasteiger partial charge >= 0.3 is 6.09 Å². The lowest BCUT2D eigenvalue weighted by atomic mass is 10.1. The molecular formula is C17H27N3O3. The lowest BCUT2D eigenvalue weighted by Gasteiger charge is -2.15. The van der Waals surface area contributed by atoms with Gasteiger partial charge in [-0.05, 0) is 24.3 Å². The molecule has 0 saturated carbocycles. The molecule has 0 aromatic heterocycles. The maximum atomic E-state index is 11.6. The van der Waals surface area contributed by atoms with Gasteiger partial charge in [-0.1, -0.05) is 44.2 Å². The van der Waals surface area contributed by atoms with Gasteiger partial charge in [0.15, 0.2) is 0 Å². The van der Waals surface area contributed by atoms with Gasteiger partial charge < -0.3 is 21.1 Å². The van der Waals surface area contributed by atoms with Crippen molar-refractivity contribution in [3.8, 4) is 0 Å². The minimum atomic E-state index is -0.471. The highest BCUT2D eigenvalue weighted by molar-refractivity contribution is 5.81. The molecule has 6 heteroatoms. The number of amides is 2. The number of hydrogen-bond acceptors (Lipinski definition) is 4. The second-order valence-electron chi connectivity index (χ2n) is 5.76. The molecule has 2 amide bonds. The molecule has 23 heavy (non-hydrogen) atoms. The fraction of sp³-hybridized carbons (Fsp3) is 0.529. The van der Waals surface area contributed by atoms with E-state index in [1.807, 2.05) is 44.2 Å². The smallest absolute Gasteiger partial charge is 0.407 e. The quantitative estimate of drug-likeness (QED) is 0.605. The number of unbranched alkanes of at least 4 members (excludes halogenated alkanes) is 1. The first-order valence-electron chi connectivity index (χ1n) is 7.98. The van der Waals surface area contributed by atoms with E-state index in [0.29, 0.717) is 13.1 Å². The summed E-state index contributed by atoms with van der Waals surface area (Å²) in [5, 5.41) is 5.47. The van der Waals surface area contributed by atoms with Crippen LogP contribution in [-0.2, 0) is 16.1 Å². The summed E-state index contributed by atoms with van der Waals surface area (Å²) in [6.45, 7) is 5.15. The van der Waals surface area contributed by atoms with Crippen molar-refractivity contribution in [1.82, 2.24) is 10.6 Å². The van der Waals surface area contributed by atoms with Gasteiger partial charge in [0.2, 0.25) is 5.91 Å². The van der Waals surface area contributed by atoms with E-state index in [9.17, 15) is 9.59 Å². The Kier molecular flexibility index (Phi) is 8.75. The standard InChI is InChI=1S/C17H27N3O3/c1-13(2)15(18)16(21)19-10-6-7-11-20-17(22)23-12-14-8-4-3-5-9-14/h3-5,8-9,13,15H,6-7,10-12,18H2,1-2H3,(H,19,21)(H,20,22)/t15-/m0/s1. The molecule has 0 unspecified atom stereocenters. The zero-order chi connectivity index (χ0) is 17.1. The molecule has 128 valence electrons. The van der Waals surface area contributed by atoms with Crippen LogP contribution in [0.2, 0.25) is 0 Å². The number of nitrogens with one attached hydrogen (secondary N) is 2.